The van der Waals surface area contributed by atoms with Crippen LogP contribution in [0.5, 0.6) is 0 Å². The molecular formula is C6H7NO4. The van der Waals surface area contributed by atoms with Crippen LogP contribution in [-0.4, -0.2) is 29.3 Å². The average molecular weight is 157 g/mol. The fraction of sp³-hybridized carbons (Fsp3) is 0.500. The lowest BCUT2D eigenvalue weighted by Crippen LogP contribution is -2.21. The van der Waals surface area contributed by atoms with Crippen molar-refractivity contribution in [3.63, 3.8) is 0 Å². The van der Waals surface area contributed by atoms with Crippen molar-refractivity contribution in [3.05, 3.63) is 0 Å². The summed E-state index contributed by atoms with van der Waals surface area (Å²) in [5.74, 6) is -1.96. The molecule has 0 amide bonds. The monoisotopic (exact) mass is 157 g/mol. The van der Waals surface area contributed by atoms with Crippen LogP contribution in [0.3, 0.4) is 0 Å². The molecule has 0 aromatic heterocycles. The molecule has 1 N–H and O–H groups in total. The molecule has 1 saturated heterocycles. The van der Waals surface area contributed by atoms with Gasteiger partial charge in [-0.05, 0) is 12.1 Å². The lowest BCUT2D eigenvalue weighted by atomic mass is 10.0. The molecule has 1 atom stereocenters. The van der Waals surface area contributed by atoms with E-state index < -0.39 is 11.7 Å². The Kier molecular flexibility index (Phi) is 1.89. The van der Waals surface area contributed by atoms with Gasteiger partial charge in [0.2, 0.25) is 5.78 Å². The second-order valence-electron chi connectivity index (χ2n) is 2.24. The minimum atomic E-state index is -0.777. The number of rotatable bonds is 1. The van der Waals surface area contributed by atoms with Crippen LogP contribution in [0.2, 0.25) is 0 Å². The third-order valence-corrected chi connectivity index (χ3v) is 1.50. The Hall–Kier alpha value is -1.39. The number of carbonyl (C=O) groups is 2. The molecule has 60 valence electrons. The van der Waals surface area contributed by atoms with Gasteiger partial charge in [-0.1, -0.05) is 0 Å². The third kappa shape index (κ3) is 1.21. The van der Waals surface area contributed by atoms with E-state index >= 15 is 0 Å². The van der Waals surface area contributed by atoms with Crippen molar-refractivity contribution >= 4 is 17.5 Å². The second kappa shape index (κ2) is 2.69. The zero-order valence-electron chi connectivity index (χ0n) is 5.90. The summed E-state index contributed by atoms with van der Waals surface area (Å²) in [6.45, 7) is 1.29. The number of carbonyl (C=O) groups excluding carboxylic acids is 2. The molecule has 0 radical (unpaired) electrons. The van der Waals surface area contributed by atoms with Crippen LogP contribution < -0.4 is 0 Å². The van der Waals surface area contributed by atoms with Gasteiger partial charge < -0.3 is 9.94 Å². The molecule has 1 rings (SSSR count). The summed E-state index contributed by atoms with van der Waals surface area (Å²) in [4.78, 5) is 21.6. The minimum Gasteiger partial charge on any atom is -0.472 e. The summed E-state index contributed by atoms with van der Waals surface area (Å²) >= 11 is 0. The van der Waals surface area contributed by atoms with Gasteiger partial charge in [-0.3, -0.25) is 9.59 Å². The van der Waals surface area contributed by atoms with Crippen molar-refractivity contribution in [1.29, 1.82) is 0 Å². The van der Waals surface area contributed by atoms with E-state index in [1.54, 1.807) is 0 Å². The van der Waals surface area contributed by atoms with Gasteiger partial charge in [0.25, 0.3) is 5.90 Å². The SMILES string of the molecule is CC(=O)C1CO/C(=N/O)C1=O. The first-order chi connectivity index (χ1) is 5.16. The predicted molar refractivity (Wildman–Crippen MR) is 34.4 cm³/mol. The number of nitrogens with zero attached hydrogens (tertiary/aromatic N) is 1. The number of oxime groups is 1. The first kappa shape index (κ1) is 7.71. The highest BCUT2D eigenvalue weighted by molar-refractivity contribution is 6.42. The maximum Gasteiger partial charge on any atom is 0.294 e. The zero-order chi connectivity index (χ0) is 8.43. The Bertz CT molecular complexity index is 233. The highest BCUT2D eigenvalue weighted by atomic mass is 16.5. The van der Waals surface area contributed by atoms with Crippen LogP contribution in [0.25, 0.3) is 0 Å². The van der Waals surface area contributed by atoms with Gasteiger partial charge in [-0.15, -0.1) is 0 Å². The topological polar surface area (TPSA) is 76.0 Å². The molecular weight excluding hydrogens is 150 g/mol. The van der Waals surface area contributed by atoms with Gasteiger partial charge in [0.15, 0.2) is 0 Å². The van der Waals surface area contributed by atoms with Crippen molar-refractivity contribution in [3.8, 4) is 0 Å². The Balaban J connectivity index is 2.79. The summed E-state index contributed by atoms with van der Waals surface area (Å²) in [6.07, 6.45) is 0. The van der Waals surface area contributed by atoms with Crippen molar-refractivity contribution in [2.75, 3.05) is 6.61 Å². The molecule has 1 heterocycles. The maximum atomic E-state index is 10.9. The lowest BCUT2D eigenvalue weighted by molar-refractivity contribution is -0.127. The quantitative estimate of drug-likeness (QED) is 0.318. The van der Waals surface area contributed by atoms with Crippen LogP contribution in [-0.2, 0) is 14.3 Å². The minimum absolute atomic E-state index is 0.00639. The van der Waals surface area contributed by atoms with E-state index in [1.807, 2.05) is 0 Å². The van der Waals surface area contributed by atoms with Crippen LogP contribution in [0.4, 0.5) is 0 Å². The highest BCUT2D eigenvalue weighted by Gasteiger charge is 2.36. The standard InChI is InChI=1S/C6H7NO4/c1-3(8)4-2-11-6(7-10)5(4)9/h4,10H,2H2,1H3/b7-6+. The van der Waals surface area contributed by atoms with E-state index in [4.69, 9.17) is 5.21 Å². The predicted octanol–water partition coefficient (Wildman–Crippen LogP) is -0.421. The normalized spacial score (nSPS) is 27.2. The van der Waals surface area contributed by atoms with Crippen molar-refractivity contribution in [1.82, 2.24) is 0 Å². The molecule has 1 fully saturated rings. The van der Waals surface area contributed by atoms with Crippen LogP contribution in [0.1, 0.15) is 6.92 Å². The summed E-state index contributed by atoms with van der Waals surface area (Å²) in [6, 6.07) is 0. The first-order valence-electron chi connectivity index (χ1n) is 3.06. The zero-order valence-corrected chi connectivity index (χ0v) is 5.90. The Morgan fingerprint density at radius 1 is 1.82 bits per heavy atom. The smallest absolute Gasteiger partial charge is 0.294 e. The largest absolute Gasteiger partial charge is 0.472 e. The Morgan fingerprint density at radius 3 is 2.73 bits per heavy atom. The van der Waals surface area contributed by atoms with Gasteiger partial charge in [-0.2, -0.15) is 0 Å². The molecule has 11 heavy (non-hydrogen) atoms. The molecule has 0 aromatic rings. The van der Waals surface area contributed by atoms with Crippen molar-refractivity contribution in [2.45, 2.75) is 6.92 Å². The van der Waals surface area contributed by atoms with Crippen LogP contribution in [0, 0.1) is 5.92 Å². The highest BCUT2D eigenvalue weighted by Crippen LogP contribution is 2.11. The Morgan fingerprint density at radius 2 is 2.45 bits per heavy atom. The second-order valence-corrected chi connectivity index (χ2v) is 2.24. The van der Waals surface area contributed by atoms with Gasteiger partial charge in [0.1, 0.15) is 18.3 Å². The lowest BCUT2D eigenvalue weighted by Gasteiger charge is -1.94. The van der Waals surface area contributed by atoms with E-state index in [-0.39, 0.29) is 18.3 Å². The maximum absolute atomic E-state index is 10.9. The number of hydrogen-bond acceptors (Lipinski definition) is 5. The van der Waals surface area contributed by atoms with Gasteiger partial charge in [0.05, 0.1) is 0 Å². The van der Waals surface area contributed by atoms with Gasteiger partial charge >= 0.3 is 0 Å². The van der Waals surface area contributed by atoms with Crippen LogP contribution >= 0.6 is 0 Å². The number of ketones is 2. The van der Waals surface area contributed by atoms with Crippen molar-refractivity contribution < 1.29 is 19.5 Å². The van der Waals surface area contributed by atoms with E-state index in [1.165, 1.54) is 6.92 Å². The molecule has 1 unspecified atom stereocenters. The number of hydrogen-bond donors (Lipinski definition) is 1. The molecule has 1 aliphatic heterocycles. The molecule has 0 spiro atoms. The number of Topliss-reactive ketones (excluding diaryl/α,β-unsaturated/α-hetero) is 2. The summed E-state index contributed by atoms with van der Waals surface area (Å²) in [5, 5.41) is 10.8. The third-order valence-electron chi connectivity index (χ3n) is 1.50. The number of ether oxygens (including phenoxy) is 1. The van der Waals surface area contributed by atoms with Gasteiger partial charge in [0, 0.05) is 0 Å². The molecule has 0 saturated carbocycles. The first-order valence-corrected chi connectivity index (χ1v) is 3.06. The summed E-state index contributed by atoms with van der Waals surface area (Å²) in [7, 11) is 0. The fourth-order valence-corrected chi connectivity index (χ4v) is 0.838. The molecule has 1 aliphatic rings. The Labute approximate surface area is 62.6 Å². The molecule has 0 aromatic carbocycles. The van der Waals surface area contributed by atoms with E-state index in [0.717, 1.165) is 0 Å². The van der Waals surface area contributed by atoms with Crippen molar-refractivity contribution in [2.24, 2.45) is 11.1 Å². The molecule has 0 aliphatic carbocycles. The average Bonchev–Trinajstić information content (AvgIpc) is 2.30. The molecule has 5 nitrogen and oxygen atoms in total. The summed E-state index contributed by atoms with van der Waals surface area (Å²) < 4.78 is 4.62. The fourth-order valence-electron chi connectivity index (χ4n) is 0.838. The van der Waals surface area contributed by atoms with E-state index in [9.17, 15) is 9.59 Å². The summed E-state index contributed by atoms with van der Waals surface area (Å²) in [5.41, 5.74) is 0. The molecule has 0 bridgehead atoms. The van der Waals surface area contributed by atoms with E-state index in [0.29, 0.717) is 0 Å². The molecule has 5 heteroatoms. The van der Waals surface area contributed by atoms with Gasteiger partial charge in [-0.25, -0.2) is 0 Å². The van der Waals surface area contributed by atoms with Crippen LogP contribution in [0.15, 0.2) is 5.16 Å². The van der Waals surface area contributed by atoms with E-state index in [2.05, 4.69) is 9.89 Å².